The highest BCUT2D eigenvalue weighted by atomic mass is 19.4. The predicted molar refractivity (Wildman–Crippen MR) is 60.0 cm³/mol. The Labute approximate surface area is 104 Å². The van der Waals surface area contributed by atoms with Crippen LogP contribution in [0.3, 0.4) is 0 Å². The fourth-order valence-corrected chi connectivity index (χ4v) is 1.78. The number of rotatable bonds is 2. The molecule has 0 saturated heterocycles. The molecular weight excluding hydrogens is 265 g/mol. The second kappa shape index (κ2) is 4.38. The van der Waals surface area contributed by atoms with E-state index in [0.717, 1.165) is 12.3 Å². The Bertz CT molecular complexity index is 655. The number of alkyl halides is 3. The second-order valence-corrected chi connectivity index (χ2v) is 3.62. The normalized spacial score (nSPS) is 11.6. The topological polar surface area (TPSA) is 65.3 Å². The first-order chi connectivity index (χ1) is 8.86. The molecule has 5 nitrogen and oxygen atoms in total. The van der Waals surface area contributed by atoms with Gasteiger partial charge in [0.15, 0.2) is 0 Å². The third kappa shape index (κ3) is 2.16. The standard InChI is InChI=1S/C11H7F3N2O3/c1-19-8-3-2-7(16(17)18)9-6(11(12,13)14)4-5-15-10(8)9/h2-5H,1H3. The minimum absolute atomic E-state index is 0.0479. The number of methoxy groups -OCH3 is 1. The molecule has 0 fully saturated rings. The molecule has 0 bridgehead atoms. The third-order valence-electron chi connectivity index (χ3n) is 2.56. The summed E-state index contributed by atoms with van der Waals surface area (Å²) < 4.78 is 43.6. The number of hydrogen-bond acceptors (Lipinski definition) is 4. The van der Waals surface area contributed by atoms with E-state index in [-0.39, 0.29) is 11.3 Å². The first-order valence-corrected chi connectivity index (χ1v) is 5.03. The first-order valence-electron chi connectivity index (χ1n) is 5.03. The van der Waals surface area contributed by atoms with Crippen LogP contribution in [0.5, 0.6) is 5.75 Å². The highest BCUT2D eigenvalue weighted by Gasteiger charge is 2.36. The van der Waals surface area contributed by atoms with Gasteiger partial charge in [-0.05, 0) is 12.1 Å². The van der Waals surface area contributed by atoms with Gasteiger partial charge < -0.3 is 4.74 Å². The summed E-state index contributed by atoms with van der Waals surface area (Å²) in [6.07, 6.45) is -3.77. The van der Waals surface area contributed by atoms with Crippen molar-refractivity contribution in [2.24, 2.45) is 0 Å². The highest BCUT2D eigenvalue weighted by Crippen LogP contribution is 2.40. The molecule has 0 atom stereocenters. The Balaban J connectivity index is 2.96. The minimum atomic E-state index is -4.71. The summed E-state index contributed by atoms with van der Waals surface area (Å²) in [5, 5.41) is 10.3. The molecule has 1 aromatic carbocycles. The largest absolute Gasteiger partial charge is 0.494 e. The lowest BCUT2D eigenvalue weighted by molar-refractivity contribution is -0.383. The van der Waals surface area contributed by atoms with E-state index in [9.17, 15) is 23.3 Å². The molecule has 0 spiro atoms. The minimum Gasteiger partial charge on any atom is -0.494 e. The number of nitro benzene ring substituents is 1. The van der Waals surface area contributed by atoms with E-state index in [2.05, 4.69) is 4.98 Å². The average Bonchev–Trinajstić information content (AvgIpc) is 2.35. The molecule has 0 aliphatic rings. The van der Waals surface area contributed by atoms with Crippen LogP contribution in [0.25, 0.3) is 10.9 Å². The molecule has 0 N–H and O–H groups in total. The number of pyridine rings is 1. The third-order valence-corrected chi connectivity index (χ3v) is 2.56. The van der Waals surface area contributed by atoms with Crippen LogP contribution in [0.1, 0.15) is 5.56 Å². The summed E-state index contributed by atoms with van der Waals surface area (Å²) in [6, 6.07) is 2.89. The van der Waals surface area contributed by atoms with Crippen LogP contribution in [0, 0.1) is 10.1 Å². The Kier molecular flexibility index (Phi) is 3.01. The lowest BCUT2D eigenvalue weighted by Gasteiger charge is -2.11. The molecule has 0 radical (unpaired) electrons. The van der Waals surface area contributed by atoms with Crippen LogP contribution in [0.4, 0.5) is 18.9 Å². The number of ether oxygens (including phenoxy) is 1. The summed E-state index contributed by atoms with van der Waals surface area (Å²) >= 11 is 0. The molecular formula is C11H7F3N2O3. The van der Waals surface area contributed by atoms with E-state index in [1.807, 2.05) is 0 Å². The zero-order valence-electron chi connectivity index (χ0n) is 9.56. The maximum atomic E-state index is 12.9. The molecule has 100 valence electrons. The van der Waals surface area contributed by atoms with Gasteiger partial charge >= 0.3 is 6.18 Å². The van der Waals surface area contributed by atoms with E-state index in [4.69, 9.17) is 4.74 Å². The van der Waals surface area contributed by atoms with E-state index < -0.39 is 27.7 Å². The molecule has 8 heteroatoms. The van der Waals surface area contributed by atoms with E-state index >= 15 is 0 Å². The summed E-state index contributed by atoms with van der Waals surface area (Å²) in [7, 11) is 1.25. The number of halogens is 3. The number of non-ortho nitro benzene ring substituents is 1. The van der Waals surface area contributed by atoms with Crippen LogP contribution in [-0.2, 0) is 6.18 Å². The van der Waals surface area contributed by atoms with Crippen molar-refractivity contribution in [1.29, 1.82) is 0 Å². The smallest absolute Gasteiger partial charge is 0.417 e. The van der Waals surface area contributed by atoms with Crippen molar-refractivity contribution in [2.45, 2.75) is 6.18 Å². The Morgan fingerprint density at radius 2 is 2.00 bits per heavy atom. The fraction of sp³-hybridized carbons (Fsp3) is 0.182. The lowest BCUT2D eigenvalue weighted by atomic mass is 10.1. The lowest BCUT2D eigenvalue weighted by Crippen LogP contribution is -2.08. The van der Waals surface area contributed by atoms with Gasteiger partial charge in [0.05, 0.1) is 23.0 Å². The molecule has 0 unspecified atom stereocenters. The van der Waals surface area contributed by atoms with Crippen molar-refractivity contribution >= 4 is 16.6 Å². The van der Waals surface area contributed by atoms with Gasteiger partial charge in [0.25, 0.3) is 5.69 Å². The van der Waals surface area contributed by atoms with Crippen molar-refractivity contribution in [3.05, 3.63) is 40.1 Å². The predicted octanol–water partition coefficient (Wildman–Crippen LogP) is 3.17. The molecule has 0 amide bonds. The number of nitrogens with zero attached hydrogens (tertiary/aromatic N) is 2. The fourth-order valence-electron chi connectivity index (χ4n) is 1.78. The maximum absolute atomic E-state index is 12.9. The number of fused-ring (bicyclic) bond motifs is 1. The molecule has 2 rings (SSSR count). The summed E-state index contributed by atoms with van der Waals surface area (Å²) in [5.74, 6) is 0.0479. The van der Waals surface area contributed by atoms with Gasteiger partial charge in [-0.15, -0.1) is 0 Å². The van der Waals surface area contributed by atoms with Crippen LogP contribution >= 0.6 is 0 Å². The molecule has 1 heterocycles. The van der Waals surface area contributed by atoms with E-state index in [0.29, 0.717) is 6.07 Å². The summed E-state index contributed by atoms with van der Waals surface area (Å²) in [5.41, 5.74) is -1.95. The van der Waals surface area contributed by atoms with Crippen LogP contribution < -0.4 is 4.74 Å². The zero-order chi connectivity index (χ0) is 14.2. The van der Waals surface area contributed by atoms with Crippen molar-refractivity contribution in [3.8, 4) is 5.75 Å². The van der Waals surface area contributed by atoms with Gasteiger partial charge in [0.1, 0.15) is 11.3 Å². The molecule has 0 aliphatic heterocycles. The Hall–Kier alpha value is -2.38. The van der Waals surface area contributed by atoms with Gasteiger partial charge in [-0.2, -0.15) is 13.2 Å². The summed E-state index contributed by atoms with van der Waals surface area (Å²) in [6.45, 7) is 0. The molecule has 0 saturated carbocycles. The zero-order valence-corrected chi connectivity index (χ0v) is 9.56. The highest BCUT2D eigenvalue weighted by molar-refractivity contribution is 5.95. The van der Waals surface area contributed by atoms with Gasteiger partial charge in [-0.25, -0.2) is 0 Å². The average molecular weight is 272 g/mol. The quantitative estimate of drug-likeness (QED) is 0.622. The SMILES string of the molecule is COc1ccc([N+](=O)[O-])c2c(C(F)(F)F)ccnc12. The first kappa shape index (κ1) is 13.1. The monoisotopic (exact) mass is 272 g/mol. The summed E-state index contributed by atoms with van der Waals surface area (Å²) in [4.78, 5) is 13.7. The number of hydrogen-bond donors (Lipinski definition) is 0. The van der Waals surface area contributed by atoms with Crippen LogP contribution in [-0.4, -0.2) is 17.0 Å². The Morgan fingerprint density at radius 1 is 1.32 bits per heavy atom. The van der Waals surface area contributed by atoms with E-state index in [1.54, 1.807) is 0 Å². The van der Waals surface area contributed by atoms with Crippen molar-refractivity contribution in [2.75, 3.05) is 7.11 Å². The van der Waals surface area contributed by atoms with Crippen molar-refractivity contribution in [1.82, 2.24) is 4.98 Å². The number of aromatic nitrogens is 1. The van der Waals surface area contributed by atoms with Gasteiger partial charge in [0.2, 0.25) is 0 Å². The maximum Gasteiger partial charge on any atom is 0.417 e. The van der Waals surface area contributed by atoms with Gasteiger partial charge in [0, 0.05) is 12.3 Å². The second-order valence-electron chi connectivity index (χ2n) is 3.62. The molecule has 2 aromatic rings. The van der Waals surface area contributed by atoms with Gasteiger partial charge in [-0.1, -0.05) is 0 Å². The van der Waals surface area contributed by atoms with Crippen molar-refractivity contribution in [3.63, 3.8) is 0 Å². The van der Waals surface area contributed by atoms with Crippen molar-refractivity contribution < 1.29 is 22.8 Å². The Morgan fingerprint density at radius 3 is 2.53 bits per heavy atom. The van der Waals surface area contributed by atoms with Crippen LogP contribution in [0.15, 0.2) is 24.4 Å². The van der Waals surface area contributed by atoms with Gasteiger partial charge in [-0.3, -0.25) is 15.1 Å². The number of benzene rings is 1. The molecule has 19 heavy (non-hydrogen) atoms. The molecule has 1 aromatic heterocycles. The van der Waals surface area contributed by atoms with E-state index in [1.165, 1.54) is 13.2 Å². The van der Waals surface area contributed by atoms with Crippen LogP contribution in [0.2, 0.25) is 0 Å². The molecule has 0 aliphatic carbocycles. The number of nitro groups is 1.